The van der Waals surface area contributed by atoms with Crippen LogP contribution in [0.15, 0.2) is 24.3 Å². The molecular formula is C11H4Cl3FOS. The number of rotatable bonds is 2. The number of thiophene rings is 1. The predicted molar refractivity (Wildman–Crippen MR) is 69.2 cm³/mol. The molecule has 0 fully saturated rings. The fourth-order valence-corrected chi connectivity index (χ4v) is 2.94. The monoisotopic (exact) mass is 308 g/mol. The minimum Gasteiger partial charge on any atom is -0.288 e. The fourth-order valence-electron chi connectivity index (χ4n) is 1.31. The molecule has 88 valence electrons. The molecule has 0 aliphatic rings. The molecule has 1 aromatic carbocycles. The van der Waals surface area contributed by atoms with Gasteiger partial charge in [-0.2, -0.15) is 0 Å². The van der Waals surface area contributed by atoms with E-state index in [0.717, 1.165) is 17.4 Å². The first kappa shape index (κ1) is 12.8. The van der Waals surface area contributed by atoms with E-state index in [0.29, 0.717) is 4.34 Å². The Morgan fingerprint density at radius 3 is 2.41 bits per heavy atom. The summed E-state index contributed by atoms with van der Waals surface area (Å²) in [5.74, 6) is -1.17. The van der Waals surface area contributed by atoms with Gasteiger partial charge in [0.25, 0.3) is 0 Å². The van der Waals surface area contributed by atoms with E-state index in [1.807, 2.05) is 0 Å². The summed E-state index contributed by atoms with van der Waals surface area (Å²) in [7, 11) is 0. The van der Waals surface area contributed by atoms with Gasteiger partial charge in [-0.15, -0.1) is 11.3 Å². The van der Waals surface area contributed by atoms with Crippen LogP contribution in [0.3, 0.4) is 0 Å². The molecule has 1 heterocycles. The van der Waals surface area contributed by atoms with Gasteiger partial charge in [-0.3, -0.25) is 4.79 Å². The number of hydrogen-bond acceptors (Lipinski definition) is 2. The molecule has 0 spiro atoms. The summed E-state index contributed by atoms with van der Waals surface area (Å²) < 4.78 is 14.1. The van der Waals surface area contributed by atoms with Gasteiger partial charge in [0, 0.05) is 5.02 Å². The highest BCUT2D eigenvalue weighted by atomic mass is 35.5. The van der Waals surface area contributed by atoms with Crippen LogP contribution < -0.4 is 0 Å². The maximum absolute atomic E-state index is 13.5. The molecule has 0 radical (unpaired) electrons. The van der Waals surface area contributed by atoms with Gasteiger partial charge in [-0.25, -0.2) is 4.39 Å². The Morgan fingerprint density at radius 2 is 1.82 bits per heavy atom. The summed E-state index contributed by atoms with van der Waals surface area (Å²) in [6.45, 7) is 0. The first-order chi connectivity index (χ1) is 7.99. The molecule has 1 nitrogen and oxygen atoms in total. The second-order valence-corrected chi connectivity index (χ2v) is 5.91. The molecule has 2 rings (SSSR count). The van der Waals surface area contributed by atoms with E-state index in [1.165, 1.54) is 18.2 Å². The van der Waals surface area contributed by atoms with Gasteiger partial charge in [0.05, 0.1) is 15.5 Å². The highest BCUT2D eigenvalue weighted by Crippen LogP contribution is 2.33. The molecule has 0 N–H and O–H groups in total. The van der Waals surface area contributed by atoms with Crippen molar-refractivity contribution in [1.29, 1.82) is 0 Å². The molecule has 6 heteroatoms. The summed E-state index contributed by atoms with van der Waals surface area (Å²) in [6, 6.07) is 5.19. The van der Waals surface area contributed by atoms with Crippen molar-refractivity contribution >= 4 is 51.9 Å². The van der Waals surface area contributed by atoms with Crippen molar-refractivity contribution in [1.82, 2.24) is 0 Å². The van der Waals surface area contributed by atoms with Gasteiger partial charge in [0.1, 0.15) is 10.2 Å². The van der Waals surface area contributed by atoms with Crippen LogP contribution in [0, 0.1) is 5.82 Å². The van der Waals surface area contributed by atoms with Crippen LogP contribution >= 0.6 is 46.1 Å². The molecule has 17 heavy (non-hydrogen) atoms. The Labute approximate surface area is 116 Å². The normalized spacial score (nSPS) is 10.6. The van der Waals surface area contributed by atoms with E-state index in [-0.39, 0.29) is 20.5 Å². The van der Waals surface area contributed by atoms with Gasteiger partial charge in [0.15, 0.2) is 5.78 Å². The molecule has 0 bridgehead atoms. The third kappa shape index (κ3) is 2.63. The second-order valence-electron chi connectivity index (χ2n) is 3.19. The maximum Gasteiger partial charge on any atom is 0.198 e. The highest BCUT2D eigenvalue weighted by Gasteiger charge is 2.19. The predicted octanol–water partition coefficient (Wildman–Crippen LogP) is 5.08. The summed E-state index contributed by atoms with van der Waals surface area (Å²) in [4.78, 5) is 12.0. The van der Waals surface area contributed by atoms with E-state index in [4.69, 9.17) is 34.8 Å². The van der Waals surface area contributed by atoms with Crippen LogP contribution in [0.25, 0.3) is 0 Å². The zero-order valence-corrected chi connectivity index (χ0v) is 11.2. The van der Waals surface area contributed by atoms with E-state index in [1.54, 1.807) is 0 Å². The number of hydrogen-bond donors (Lipinski definition) is 0. The zero-order valence-electron chi connectivity index (χ0n) is 8.14. The van der Waals surface area contributed by atoms with Crippen molar-refractivity contribution in [2.45, 2.75) is 0 Å². The Bertz CT molecular complexity index is 594. The molecule has 0 amide bonds. The summed E-state index contributed by atoms with van der Waals surface area (Å²) in [5.41, 5.74) is 0.0664. The summed E-state index contributed by atoms with van der Waals surface area (Å²) >= 11 is 18.3. The van der Waals surface area contributed by atoms with Crippen molar-refractivity contribution in [3.8, 4) is 0 Å². The van der Waals surface area contributed by atoms with E-state index < -0.39 is 11.6 Å². The van der Waals surface area contributed by atoms with Gasteiger partial charge in [0.2, 0.25) is 0 Å². The van der Waals surface area contributed by atoms with Crippen LogP contribution in [0.5, 0.6) is 0 Å². The molecule has 0 saturated heterocycles. The van der Waals surface area contributed by atoms with Crippen molar-refractivity contribution < 1.29 is 9.18 Å². The Hall–Kier alpha value is -0.610. The van der Waals surface area contributed by atoms with Crippen LogP contribution in [0.1, 0.15) is 15.9 Å². The highest BCUT2D eigenvalue weighted by molar-refractivity contribution is 7.20. The van der Waals surface area contributed by atoms with Crippen LogP contribution in [-0.2, 0) is 0 Å². The number of halogens is 4. The third-order valence-corrected chi connectivity index (χ3v) is 3.80. The van der Waals surface area contributed by atoms with Crippen molar-refractivity contribution in [3.05, 3.63) is 54.9 Å². The van der Waals surface area contributed by atoms with Gasteiger partial charge >= 0.3 is 0 Å². The lowest BCUT2D eigenvalue weighted by Crippen LogP contribution is -2.03. The zero-order chi connectivity index (χ0) is 12.6. The average Bonchev–Trinajstić information content (AvgIpc) is 2.60. The van der Waals surface area contributed by atoms with Crippen molar-refractivity contribution in [2.24, 2.45) is 0 Å². The van der Waals surface area contributed by atoms with Crippen LogP contribution in [-0.4, -0.2) is 5.78 Å². The largest absolute Gasteiger partial charge is 0.288 e. The maximum atomic E-state index is 13.5. The lowest BCUT2D eigenvalue weighted by Gasteiger charge is -2.01. The quantitative estimate of drug-likeness (QED) is 0.707. The summed E-state index contributed by atoms with van der Waals surface area (Å²) in [5, 5.41) is 0.284. The topological polar surface area (TPSA) is 17.1 Å². The fraction of sp³-hybridized carbons (Fsp3) is 0. The number of carbonyl (C=O) groups is 1. The van der Waals surface area contributed by atoms with Gasteiger partial charge in [-0.1, -0.05) is 34.8 Å². The Balaban J connectivity index is 2.50. The van der Waals surface area contributed by atoms with E-state index in [2.05, 4.69) is 0 Å². The van der Waals surface area contributed by atoms with Crippen LogP contribution in [0.4, 0.5) is 4.39 Å². The minimum absolute atomic E-state index is 0.117. The van der Waals surface area contributed by atoms with Gasteiger partial charge in [-0.05, 0) is 24.3 Å². The molecule has 0 saturated carbocycles. The first-order valence-electron chi connectivity index (χ1n) is 4.43. The first-order valence-corrected chi connectivity index (χ1v) is 6.38. The smallest absolute Gasteiger partial charge is 0.198 e. The number of carbonyl (C=O) groups excluding carboxylic acids is 1. The lowest BCUT2D eigenvalue weighted by atomic mass is 10.1. The molecule has 1 aromatic heterocycles. The Morgan fingerprint density at radius 1 is 1.12 bits per heavy atom. The van der Waals surface area contributed by atoms with Gasteiger partial charge < -0.3 is 0 Å². The standard InChI is InChI=1S/C11H4Cl3FOS/c12-5-1-2-8(15)6(3-5)10(16)7-4-9(13)17-11(7)14/h1-4H. The molecular weight excluding hydrogens is 306 g/mol. The van der Waals surface area contributed by atoms with E-state index in [9.17, 15) is 9.18 Å². The minimum atomic E-state index is -0.641. The molecule has 0 aliphatic carbocycles. The molecule has 2 aromatic rings. The van der Waals surface area contributed by atoms with Crippen molar-refractivity contribution in [2.75, 3.05) is 0 Å². The molecule has 0 atom stereocenters. The summed E-state index contributed by atoms with van der Waals surface area (Å²) in [6.07, 6.45) is 0. The lowest BCUT2D eigenvalue weighted by molar-refractivity contribution is 0.103. The van der Waals surface area contributed by atoms with Crippen LogP contribution in [0.2, 0.25) is 13.7 Å². The van der Waals surface area contributed by atoms with Crippen molar-refractivity contribution in [3.63, 3.8) is 0 Å². The number of benzene rings is 1. The third-order valence-electron chi connectivity index (χ3n) is 2.07. The second kappa shape index (κ2) is 4.94. The average molecular weight is 310 g/mol. The molecule has 0 unspecified atom stereocenters. The van der Waals surface area contributed by atoms with E-state index >= 15 is 0 Å². The number of ketones is 1. The Kier molecular flexibility index (Phi) is 3.73. The molecule has 0 aliphatic heterocycles. The SMILES string of the molecule is O=C(c1cc(Cl)ccc1F)c1cc(Cl)sc1Cl.